The number of morpholine rings is 1. The second-order valence-electron chi connectivity index (χ2n) is 5.52. The molecule has 0 atom stereocenters. The Morgan fingerprint density at radius 1 is 1.33 bits per heavy atom. The predicted octanol–water partition coefficient (Wildman–Crippen LogP) is 0.541. The van der Waals surface area contributed by atoms with Crippen LogP contribution < -0.4 is 10.6 Å². The number of rotatable bonds is 5. The number of hydrogen-bond donors (Lipinski definition) is 3. The molecule has 0 aliphatic carbocycles. The van der Waals surface area contributed by atoms with Gasteiger partial charge >= 0.3 is 0 Å². The van der Waals surface area contributed by atoms with Gasteiger partial charge in [0.1, 0.15) is 0 Å². The van der Waals surface area contributed by atoms with Crippen molar-refractivity contribution in [3.05, 3.63) is 23.8 Å². The van der Waals surface area contributed by atoms with Crippen LogP contribution in [0.3, 0.4) is 0 Å². The third-order valence-corrected chi connectivity index (χ3v) is 5.50. The van der Waals surface area contributed by atoms with Gasteiger partial charge in [0.05, 0.1) is 30.5 Å². The van der Waals surface area contributed by atoms with E-state index in [1.165, 1.54) is 23.4 Å². The highest BCUT2D eigenvalue weighted by Crippen LogP contribution is 2.23. The average molecular weight is 354 g/mol. The first-order chi connectivity index (χ1) is 11.3. The number of sulfonamides is 1. The molecule has 0 radical (unpaired) electrons. The molecule has 0 aromatic heterocycles. The Kier molecular flexibility index (Phi) is 5.92. The molecule has 0 bridgehead atoms. The molecule has 9 heteroatoms. The van der Waals surface area contributed by atoms with Crippen LogP contribution in [0.4, 0.5) is 5.69 Å². The Morgan fingerprint density at radius 2 is 2.00 bits per heavy atom. The summed E-state index contributed by atoms with van der Waals surface area (Å²) in [5.41, 5.74) is 1.20. The van der Waals surface area contributed by atoms with E-state index in [2.05, 4.69) is 10.6 Å². The number of anilines is 1. The maximum absolute atomic E-state index is 12.7. The minimum absolute atomic E-state index is 0.0464. The first kappa shape index (κ1) is 18.4. The highest BCUT2D eigenvalue weighted by molar-refractivity contribution is 7.89. The lowest BCUT2D eigenvalue weighted by molar-refractivity contribution is -0.115. The summed E-state index contributed by atoms with van der Waals surface area (Å²) in [5.74, 6) is -0.156. The van der Waals surface area contributed by atoms with Crippen LogP contribution in [0.1, 0.15) is 12.5 Å². The zero-order chi connectivity index (χ0) is 17.7. The molecule has 0 unspecified atom stereocenters. The fourth-order valence-corrected chi connectivity index (χ4v) is 3.67. The van der Waals surface area contributed by atoms with E-state index < -0.39 is 10.0 Å². The monoisotopic (exact) mass is 354 g/mol. The lowest BCUT2D eigenvalue weighted by atomic mass is 10.2. The molecular weight excluding hydrogens is 332 g/mol. The quantitative estimate of drug-likeness (QED) is 0.528. The van der Waals surface area contributed by atoms with Crippen LogP contribution in [0.25, 0.3) is 0 Å². The van der Waals surface area contributed by atoms with E-state index in [1.54, 1.807) is 13.0 Å². The van der Waals surface area contributed by atoms with Crippen LogP contribution in [0.5, 0.6) is 0 Å². The number of ether oxygens (including phenoxy) is 1. The van der Waals surface area contributed by atoms with Gasteiger partial charge in [-0.15, -0.1) is 0 Å². The summed E-state index contributed by atoms with van der Waals surface area (Å²) in [4.78, 5) is 12.0. The largest absolute Gasteiger partial charge is 0.379 e. The van der Waals surface area contributed by atoms with Crippen molar-refractivity contribution in [2.45, 2.75) is 18.7 Å². The minimum Gasteiger partial charge on any atom is -0.379 e. The Bertz CT molecular complexity index is 727. The van der Waals surface area contributed by atoms with E-state index in [9.17, 15) is 13.2 Å². The fraction of sp³-hybridized carbons (Fsp3) is 0.467. The van der Waals surface area contributed by atoms with Gasteiger partial charge in [-0.05, 0) is 31.5 Å². The Hall–Kier alpha value is -1.97. The van der Waals surface area contributed by atoms with Gasteiger partial charge in [0.25, 0.3) is 0 Å². The molecule has 2 rings (SSSR count). The number of carbonyl (C=O) groups is 1. The zero-order valence-electron chi connectivity index (χ0n) is 13.8. The topological polar surface area (TPSA) is 112 Å². The van der Waals surface area contributed by atoms with Crippen LogP contribution in [0, 0.1) is 12.3 Å². The number of nitrogens with one attached hydrogen (secondary N) is 3. The highest BCUT2D eigenvalue weighted by Gasteiger charge is 2.26. The number of amidine groups is 1. The van der Waals surface area contributed by atoms with Crippen molar-refractivity contribution in [2.75, 3.05) is 38.2 Å². The second-order valence-corrected chi connectivity index (χ2v) is 7.46. The number of carbonyl (C=O) groups excluding carboxylic acids is 1. The van der Waals surface area contributed by atoms with E-state index in [1.807, 2.05) is 0 Å². The van der Waals surface area contributed by atoms with Gasteiger partial charge in [-0.1, -0.05) is 6.07 Å². The maximum Gasteiger partial charge on any atom is 0.243 e. The lowest BCUT2D eigenvalue weighted by Crippen LogP contribution is -2.40. The van der Waals surface area contributed by atoms with Crippen molar-refractivity contribution in [1.82, 2.24) is 9.62 Å². The van der Waals surface area contributed by atoms with Crippen molar-refractivity contribution >= 4 is 27.5 Å². The highest BCUT2D eigenvalue weighted by atomic mass is 32.2. The average Bonchev–Trinajstić information content (AvgIpc) is 2.55. The van der Waals surface area contributed by atoms with Gasteiger partial charge < -0.3 is 15.4 Å². The van der Waals surface area contributed by atoms with E-state index in [0.717, 1.165) is 5.56 Å². The standard InChI is InChI=1S/C15H22N4O4S/c1-11-3-4-13(24(21,22)19-5-7-23-8-6-19)9-14(11)18-15(20)10-17-12(2)16/h3-4,9H,5-8,10H2,1-2H3,(H2,16,17)(H,18,20). The summed E-state index contributed by atoms with van der Waals surface area (Å²) >= 11 is 0. The summed E-state index contributed by atoms with van der Waals surface area (Å²) < 4.78 is 31.9. The first-order valence-electron chi connectivity index (χ1n) is 7.58. The first-order valence-corrected chi connectivity index (χ1v) is 9.02. The molecular formula is C15H22N4O4S. The molecule has 1 aliphatic rings. The molecule has 24 heavy (non-hydrogen) atoms. The summed E-state index contributed by atoms with van der Waals surface area (Å²) in [6, 6.07) is 4.67. The Balaban J connectivity index is 2.18. The second kappa shape index (κ2) is 7.73. The molecule has 8 nitrogen and oxygen atoms in total. The third kappa shape index (κ3) is 4.53. The summed E-state index contributed by atoms with van der Waals surface area (Å²) in [6.07, 6.45) is 0. The van der Waals surface area contributed by atoms with Crippen LogP contribution in [-0.2, 0) is 19.6 Å². The normalized spacial score (nSPS) is 15.8. The number of nitrogens with zero attached hydrogens (tertiary/aromatic N) is 1. The molecule has 1 aromatic carbocycles. The van der Waals surface area contributed by atoms with Crippen molar-refractivity contribution in [3.8, 4) is 0 Å². The smallest absolute Gasteiger partial charge is 0.243 e. The molecule has 0 spiro atoms. The minimum atomic E-state index is -3.61. The van der Waals surface area contributed by atoms with Gasteiger partial charge in [-0.25, -0.2) is 8.42 Å². The molecule has 0 saturated carbocycles. The van der Waals surface area contributed by atoms with E-state index in [-0.39, 0.29) is 23.2 Å². The van der Waals surface area contributed by atoms with Gasteiger partial charge in [-0.2, -0.15) is 4.31 Å². The summed E-state index contributed by atoms with van der Waals surface area (Å²) in [5, 5.41) is 12.5. The summed E-state index contributed by atoms with van der Waals surface area (Å²) in [6.45, 7) is 4.67. The third-order valence-electron chi connectivity index (χ3n) is 3.61. The van der Waals surface area contributed by atoms with E-state index >= 15 is 0 Å². The van der Waals surface area contributed by atoms with Gasteiger partial charge in [-0.3, -0.25) is 10.2 Å². The molecule has 1 heterocycles. The van der Waals surface area contributed by atoms with Crippen LogP contribution in [-0.4, -0.2) is 57.3 Å². The van der Waals surface area contributed by atoms with Gasteiger partial charge in [0, 0.05) is 18.8 Å². The molecule has 1 aromatic rings. The molecule has 3 N–H and O–H groups in total. The number of amides is 1. The predicted molar refractivity (Wildman–Crippen MR) is 90.8 cm³/mol. The lowest BCUT2D eigenvalue weighted by Gasteiger charge is -2.26. The molecule has 132 valence electrons. The van der Waals surface area contributed by atoms with Crippen molar-refractivity contribution in [3.63, 3.8) is 0 Å². The SMILES string of the molecule is CC(=N)NCC(=O)Nc1cc(S(=O)(=O)N2CCOCC2)ccc1C. The molecule has 1 saturated heterocycles. The maximum atomic E-state index is 12.7. The van der Waals surface area contributed by atoms with Crippen molar-refractivity contribution < 1.29 is 17.9 Å². The Labute approximate surface area is 141 Å². The van der Waals surface area contributed by atoms with Crippen molar-refractivity contribution in [1.29, 1.82) is 5.41 Å². The van der Waals surface area contributed by atoms with Gasteiger partial charge in [0.15, 0.2) is 0 Å². The Morgan fingerprint density at radius 3 is 2.62 bits per heavy atom. The van der Waals surface area contributed by atoms with E-state index in [4.69, 9.17) is 10.1 Å². The zero-order valence-corrected chi connectivity index (χ0v) is 14.6. The number of benzene rings is 1. The van der Waals surface area contributed by atoms with E-state index in [0.29, 0.717) is 32.0 Å². The van der Waals surface area contributed by atoms with Gasteiger partial charge in [0.2, 0.25) is 15.9 Å². The number of aryl methyl sites for hydroxylation is 1. The van der Waals surface area contributed by atoms with Crippen LogP contribution in [0.2, 0.25) is 0 Å². The fourth-order valence-electron chi connectivity index (χ4n) is 2.24. The van der Waals surface area contributed by atoms with Crippen molar-refractivity contribution in [2.24, 2.45) is 0 Å². The summed E-state index contributed by atoms with van der Waals surface area (Å²) in [7, 11) is -3.61. The molecule has 1 amide bonds. The molecule has 1 fully saturated rings. The number of hydrogen-bond acceptors (Lipinski definition) is 5. The van der Waals surface area contributed by atoms with Crippen LogP contribution in [0.15, 0.2) is 23.1 Å². The molecule has 1 aliphatic heterocycles. The van der Waals surface area contributed by atoms with Crippen LogP contribution >= 0.6 is 0 Å².